The predicted octanol–water partition coefficient (Wildman–Crippen LogP) is 1.55. The van der Waals surface area contributed by atoms with Crippen molar-refractivity contribution >= 4 is 16.4 Å². The van der Waals surface area contributed by atoms with Gasteiger partial charge in [0.15, 0.2) is 0 Å². The van der Waals surface area contributed by atoms with E-state index < -0.39 is 22.5 Å². The van der Waals surface area contributed by atoms with Gasteiger partial charge in [-0.05, 0) is 32.6 Å². The Morgan fingerprint density at radius 3 is 2.89 bits per heavy atom. The summed E-state index contributed by atoms with van der Waals surface area (Å²) in [7, 11) is -4.75. The van der Waals surface area contributed by atoms with E-state index in [2.05, 4.69) is 21.3 Å². The molecule has 3 heterocycles. The molecule has 27 heavy (non-hydrogen) atoms. The second kappa shape index (κ2) is 6.21. The average molecular weight is 398 g/mol. The van der Waals surface area contributed by atoms with Crippen LogP contribution in [0.25, 0.3) is 0 Å². The highest BCUT2D eigenvalue weighted by Crippen LogP contribution is 2.41. The number of urea groups is 1. The van der Waals surface area contributed by atoms with E-state index in [0.29, 0.717) is 31.5 Å². The van der Waals surface area contributed by atoms with Crippen LogP contribution in [0.2, 0.25) is 0 Å². The van der Waals surface area contributed by atoms with Crippen LogP contribution in [0.15, 0.2) is 22.9 Å². The number of piperidine rings is 1. The molecule has 0 unspecified atom stereocenters. The Hall–Kier alpha value is -2.11. The van der Waals surface area contributed by atoms with Crippen LogP contribution in [0.1, 0.15) is 50.1 Å². The lowest BCUT2D eigenvalue weighted by molar-refractivity contribution is -0.0317. The summed E-state index contributed by atoms with van der Waals surface area (Å²) in [4.78, 5) is 14.0. The van der Waals surface area contributed by atoms with Crippen molar-refractivity contribution in [3.8, 4) is 0 Å². The van der Waals surface area contributed by atoms with Crippen LogP contribution < -0.4 is 5.32 Å². The fourth-order valence-electron chi connectivity index (χ4n) is 3.99. The number of fused-ring (bicyclic) bond motifs is 2. The Morgan fingerprint density at radius 1 is 1.52 bits per heavy atom. The molecule has 1 aromatic heterocycles. The second-order valence-corrected chi connectivity index (χ2v) is 8.60. The van der Waals surface area contributed by atoms with E-state index in [4.69, 9.17) is 9.08 Å². The van der Waals surface area contributed by atoms with Crippen LogP contribution in [0, 0.1) is 0 Å². The SMILES string of the molecule is C=C(C)NC1(Cc2cc([C@@H]3CC[C@@H]4CN3C(=O)N4OS(=O)(=O)O)no2)CC1. The Labute approximate surface area is 157 Å². The number of carbonyl (C=O) groups is 1. The van der Waals surface area contributed by atoms with Crippen molar-refractivity contribution < 1.29 is 26.6 Å². The molecule has 2 saturated heterocycles. The van der Waals surface area contributed by atoms with Gasteiger partial charge in [-0.2, -0.15) is 13.5 Å². The maximum atomic E-state index is 12.5. The topological polar surface area (TPSA) is 125 Å². The van der Waals surface area contributed by atoms with Crippen molar-refractivity contribution in [1.82, 2.24) is 20.4 Å². The van der Waals surface area contributed by atoms with E-state index in [1.807, 2.05) is 13.0 Å². The molecule has 148 valence electrons. The van der Waals surface area contributed by atoms with Gasteiger partial charge < -0.3 is 14.7 Å². The first kappa shape index (κ1) is 18.3. The molecule has 1 saturated carbocycles. The van der Waals surface area contributed by atoms with E-state index in [9.17, 15) is 13.2 Å². The third-order valence-electron chi connectivity index (χ3n) is 5.26. The van der Waals surface area contributed by atoms with Gasteiger partial charge in [0.1, 0.15) is 11.5 Å². The molecule has 3 fully saturated rings. The van der Waals surface area contributed by atoms with E-state index in [-0.39, 0.29) is 11.6 Å². The van der Waals surface area contributed by atoms with Crippen LogP contribution in [0.5, 0.6) is 0 Å². The zero-order valence-corrected chi connectivity index (χ0v) is 15.7. The third kappa shape index (κ3) is 3.66. The number of hydroxylamine groups is 2. The van der Waals surface area contributed by atoms with Crippen molar-refractivity contribution in [3.63, 3.8) is 0 Å². The van der Waals surface area contributed by atoms with E-state index in [1.165, 1.54) is 4.90 Å². The van der Waals surface area contributed by atoms with Gasteiger partial charge in [-0.25, -0.2) is 4.79 Å². The molecular formula is C16H22N4O6S. The minimum atomic E-state index is -4.75. The Bertz CT molecular complexity index is 877. The van der Waals surface area contributed by atoms with Crippen molar-refractivity contribution in [2.75, 3.05) is 6.54 Å². The number of carbonyl (C=O) groups excluding carboxylic acids is 1. The minimum Gasteiger partial charge on any atom is -0.383 e. The van der Waals surface area contributed by atoms with Crippen molar-refractivity contribution in [1.29, 1.82) is 0 Å². The zero-order chi connectivity index (χ0) is 19.4. The highest BCUT2D eigenvalue weighted by atomic mass is 32.3. The molecule has 1 aromatic rings. The Morgan fingerprint density at radius 2 is 2.26 bits per heavy atom. The molecular weight excluding hydrogens is 376 g/mol. The molecule has 2 amide bonds. The Balaban J connectivity index is 1.47. The van der Waals surface area contributed by atoms with E-state index >= 15 is 0 Å². The number of nitrogens with one attached hydrogen (secondary N) is 1. The molecule has 11 heteroatoms. The van der Waals surface area contributed by atoms with Crippen molar-refractivity contribution in [3.05, 3.63) is 29.8 Å². The number of aromatic nitrogens is 1. The van der Waals surface area contributed by atoms with Gasteiger partial charge in [-0.15, -0.1) is 4.28 Å². The predicted molar refractivity (Wildman–Crippen MR) is 92.5 cm³/mol. The highest BCUT2D eigenvalue weighted by Gasteiger charge is 2.49. The molecule has 2 atom stereocenters. The van der Waals surface area contributed by atoms with Crippen LogP contribution in [-0.2, 0) is 21.1 Å². The zero-order valence-electron chi connectivity index (χ0n) is 14.9. The largest absolute Gasteiger partial charge is 0.418 e. The summed E-state index contributed by atoms with van der Waals surface area (Å²) >= 11 is 0. The van der Waals surface area contributed by atoms with Gasteiger partial charge in [-0.3, -0.25) is 4.55 Å². The number of allylic oxidation sites excluding steroid dienone is 1. The fourth-order valence-corrected chi connectivity index (χ4v) is 4.38. The number of hydrogen-bond donors (Lipinski definition) is 2. The molecule has 2 aliphatic heterocycles. The molecule has 0 aromatic carbocycles. The van der Waals surface area contributed by atoms with E-state index in [0.717, 1.165) is 29.4 Å². The second-order valence-electron chi connectivity index (χ2n) is 7.59. The smallest absolute Gasteiger partial charge is 0.383 e. The first-order valence-corrected chi connectivity index (χ1v) is 10.2. The summed E-state index contributed by atoms with van der Waals surface area (Å²) in [5, 5.41) is 8.24. The summed E-state index contributed by atoms with van der Waals surface area (Å²) in [6.45, 7) is 6.12. The molecule has 0 spiro atoms. The Kier molecular flexibility index (Phi) is 4.20. The summed E-state index contributed by atoms with van der Waals surface area (Å²) in [6.07, 6.45) is 3.89. The standard InChI is InChI=1S/C16H22N4O6S/c1-10(2)17-16(5-6-16)8-12-7-13(18-25-12)14-4-3-11-9-19(14)15(21)20(11)26-27(22,23)24/h7,11,14,17H,1,3-6,8-9H2,2H3,(H,22,23,24)/t11-,14+/m1/s1. The molecule has 3 aliphatic rings. The van der Waals surface area contributed by atoms with E-state index in [1.54, 1.807) is 0 Å². The van der Waals surface area contributed by atoms with Gasteiger partial charge >= 0.3 is 16.4 Å². The molecule has 2 bridgehead atoms. The molecule has 2 N–H and O–H groups in total. The summed E-state index contributed by atoms with van der Waals surface area (Å²) in [6, 6.07) is 0.513. The summed E-state index contributed by atoms with van der Waals surface area (Å²) in [5.41, 5.74) is 1.52. The molecule has 0 radical (unpaired) electrons. The number of amides is 2. The van der Waals surface area contributed by atoms with Gasteiger partial charge in [0, 0.05) is 30.3 Å². The fraction of sp³-hybridized carbons (Fsp3) is 0.625. The van der Waals surface area contributed by atoms with Crippen LogP contribution in [0.3, 0.4) is 0 Å². The quantitative estimate of drug-likeness (QED) is 0.663. The lowest BCUT2D eigenvalue weighted by atomic mass is 9.98. The normalized spacial score (nSPS) is 26.4. The van der Waals surface area contributed by atoms with Crippen LogP contribution in [0.4, 0.5) is 4.79 Å². The molecule has 4 rings (SSSR count). The number of hydrogen-bond acceptors (Lipinski definition) is 7. The highest BCUT2D eigenvalue weighted by molar-refractivity contribution is 7.80. The average Bonchev–Trinajstić information content (AvgIpc) is 3.07. The lowest BCUT2D eigenvalue weighted by Gasteiger charge is -2.28. The maximum Gasteiger partial charge on any atom is 0.418 e. The lowest BCUT2D eigenvalue weighted by Crippen LogP contribution is -2.35. The first-order valence-electron chi connectivity index (χ1n) is 8.82. The number of nitrogens with zero attached hydrogens (tertiary/aromatic N) is 3. The summed E-state index contributed by atoms with van der Waals surface area (Å²) in [5.74, 6) is 0.732. The van der Waals surface area contributed by atoms with Crippen molar-refractivity contribution in [2.45, 2.75) is 56.7 Å². The number of rotatable bonds is 7. The van der Waals surface area contributed by atoms with Crippen LogP contribution in [-0.4, -0.2) is 52.2 Å². The third-order valence-corrected chi connectivity index (χ3v) is 5.61. The monoisotopic (exact) mass is 398 g/mol. The minimum absolute atomic E-state index is 0.0239. The first-order chi connectivity index (χ1) is 12.7. The van der Waals surface area contributed by atoms with Gasteiger partial charge in [0.2, 0.25) is 0 Å². The molecule has 1 aliphatic carbocycles. The summed E-state index contributed by atoms with van der Waals surface area (Å²) < 4.78 is 40.7. The van der Waals surface area contributed by atoms with Gasteiger partial charge in [-0.1, -0.05) is 11.7 Å². The van der Waals surface area contributed by atoms with Crippen molar-refractivity contribution in [2.24, 2.45) is 0 Å². The molecule has 10 nitrogen and oxygen atoms in total. The van der Waals surface area contributed by atoms with Gasteiger partial charge in [0.05, 0.1) is 12.1 Å². The van der Waals surface area contributed by atoms with Gasteiger partial charge in [0.25, 0.3) is 0 Å². The maximum absolute atomic E-state index is 12.5. The van der Waals surface area contributed by atoms with Crippen LogP contribution >= 0.6 is 0 Å².